The molecule has 47 heavy (non-hydrogen) atoms. The molecule has 13 heteroatoms. The van der Waals surface area contributed by atoms with Gasteiger partial charge in [-0.15, -0.1) is 23.5 Å². The molecule has 256 valence electrons. The number of aliphatic hydroxyl groups excluding tert-OH is 1. The summed E-state index contributed by atoms with van der Waals surface area (Å²) < 4.78 is -0.635. The predicted molar refractivity (Wildman–Crippen MR) is 187 cm³/mol. The monoisotopic (exact) mass is 684 g/mol. The molecule has 5 atom stereocenters. The summed E-state index contributed by atoms with van der Waals surface area (Å²) in [6.45, 7) is 10.2. The number of nitrogens with zero attached hydrogens (tertiary/aromatic N) is 1. The number of carbonyl (C=O) groups is 4. The minimum atomic E-state index is -0.952. The Morgan fingerprint density at radius 1 is 0.979 bits per heavy atom. The van der Waals surface area contributed by atoms with Crippen molar-refractivity contribution in [2.45, 2.75) is 87.5 Å². The van der Waals surface area contributed by atoms with Gasteiger partial charge in [-0.3, -0.25) is 29.4 Å². The lowest BCUT2D eigenvalue weighted by molar-refractivity contribution is -0.129. The molecule has 2 unspecified atom stereocenters. The second kappa shape index (κ2) is 16.3. The van der Waals surface area contributed by atoms with E-state index in [1.807, 2.05) is 100 Å². The van der Waals surface area contributed by atoms with E-state index in [0.717, 1.165) is 11.1 Å². The number of hydrogen-bond acceptors (Lipinski definition) is 9. The first-order valence-electron chi connectivity index (χ1n) is 15.9. The quantitative estimate of drug-likeness (QED) is 0.185. The number of carbonyl (C=O) groups excluding carboxylic acids is 4. The SMILES string of the molecule is CC(C)(C)NC(=O)[C@@H]1CSCN1CC(O)CNC(=O)[C@@H]1N[C@@H](C(NC(=O)Cc2ccccc2)C(=O)NCc2ccccc2)SC1(C)C. The first-order valence-corrected chi connectivity index (χ1v) is 17.9. The predicted octanol–water partition coefficient (Wildman–Crippen LogP) is 1.61. The standard InChI is InChI=1S/C34H48N6O5S2/c1-33(2,3)39-29(43)25-20-46-21-40(25)19-24(41)18-36-31(45)28-34(4,5)47-32(38-28)27(30(44)35-17-23-14-10-7-11-15-23)37-26(42)16-22-12-8-6-9-13-22/h6-15,24-25,27-28,32,38,41H,16-21H2,1-5H3,(H,35,44)(H,36,45)(H,37,42)(H,39,43)/t24?,25-,27?,28-,32+/m0/s1. The highest BCUT2D eigenvalue weighted by atomic mass is 32.2. The Balaban J connectivity index is 1.37. The number of nitrogens with one attached hydrogen (secondary N) is 5. The minimum absolute atomic E-state index is 0.00596. The van der Waals surface area contributed by atoms with Crippen LogP contribution in [0.15, 0.2) is 60.7 Å². The summed E-state index contributed by atoms with van der Waals surface area (Å²) in [4.78, 5) is 54.9. The third-order valence-electron chi connectivity index (χ3n) is 7.87. The van der Waals surface area contributed by atoms with Gasteiger partial charge in [0.1, 0.15) is 12.1 Å². The second-order valence-corrected chi connectivity index (χ2v) is 16.4. The third kappa shape index (κ3) is 11.0. The molecule has 0 radical (unpaired) electrons. The van der Waals surface area contributed by atoms with E-state index >= 15 is 0 Å². The van der Waals surface area contributed by atoms with Crippen molar-refractivity contribution in [3.63, 3.8) is 0 Å². The molecule has 11 nitrogen and oxygen atoms in total. The highest BCUT2D eigenvalue weighted by Crippen LogP contribution is 2.39. The lowest BCUT2D eigenvalue weighted by atomic mass is 10.0. The van der Waals surface area contributed by atoms with Gasteiger partial charge in [0.2, 0.25) is 23.6 Å². The van der Waals surface area contributed by atoms with Crippen LogP contribution in [0.3, 0.4) is 0 Å². The van der Waals surface area contributed by atoms with Crippen molar-refractivity contribution in [2.75, 3.05) is 24.7 Å². The Bertz CT molecular complexity index is 1370. The van der Waals surface area contributed by atoms with Gasteiger partial charge in [-0.25, -0.2) is 0 Å². The molecule has 2 aromatic rings. The molecule has 2 heterocycles. The molecule has 4 amide bonds. The molecule has 0 aliphatic carbocycles. The van der Waals surface area contributed by atoms with E-state index in [1.54, 1.807) is 11.8 Å². The van der Waals surface area contributed by atoms with Gasteiger partial charge in [-0.1, -0.05) is 60.7 Å². The van der Waals surface area contributed by atoms with E-state index in [-0.39, 0.29) is 54.7 Å². The summed E-state index contributed by atoms with van der Waals surface area (Å²) in [7, 11) is 0. The van der Waals surface area contributed by atoms with E-state index < -0.39 is 28.3 Å². The largest absolute Gasteiger partial charge is 0.390 e. The average molecular weight is 685 g/mol. The lowest BCUT2D eigenvalue weighted by Crippen LogP contribution is -2.58. The smallest absolute Gasteiger partial charge is 0.245 e. The van der Waals surface area contributed by atoms with Crippen molar-refractivity contribution in [1.82, 2.24) is 31.5 Å². The van der Waals surface area contributed by atoms with Gasteiger partial charge in [0.15, 0.2) is 0 Å². The molecule has 0 saturated carbocycles. The summed E-state index contributed by atoms with van der Waals surface area (Å²) in [6.07, 6.45) is -0.774. The van der Waals surface area contributed by atoms with Crippen molar-refractivity contribution in [1.29, 1.82) is 0 Å². The van der Waals surface area contributed by atoms with Gasteiger partial charge >= 0.3 is 0 Å². The summed E-state index contributed by atoms with van der Waals surface area (Å²) in [6, 6.07) is 16.8. The number of hydrogen-bond donors (Lipinski definition) is 6. The van der Waals surface area contributed by atoms with E-state index in [9.17, 15) is 24.3 Å². The fourth-order valence-corrected chi connectivity index (χ4v) is 8.24. The third-order valence-corrected chi connectivity index (χ3v) is 10.4. The maximum Gasteiger partial charge on any atom is 0.245 e. The van der Waals surface area contributed by atoms with E-state index in [0.29, 0.717) is 18.2 Å². The van der Waals surface area contributed by atoms with Crippen LogP contribution >= 0.6 is 23.5 Å². The van der Waals surface area contributed by atoms with Crippen LogP contribution in [0.25, 0.3) is 0 Å². The fraction of sp³-hybridized carbons (Fsp3) is 0.529. The number of aliphatic hydroxyl groups is 1. The number of β-amino-alcohol motifs (C(OH)–C–C–N with tert-alkyl or cyclic N) is 1. The molecular formula is C34H48N6O5S2. The summed E-state index contributed by atoms with van der Waals surface area (Å²) in [5.41, 5.74) is 1.39. The molecule has 2 aliphatic heterocycles. The van der Waals surface area contributed by atoms with Crippen molar-refractivity contribution >= 4 is 47.2 Å². The molecule has 2 aliphatic rings. The number of thioether (sulfide) groups is 2. The topological polar surface area (TPSA) is 152 Å². The normalized spacial score (nSPS) is 22.2. The molecular weight excluding hydrogens is 637 g/mol. The van der Waals surface area contributed by atoms with Gasteiger partial charge in [-0.2, -0.15) is 0 Å². The van der Waals surface area contributed by atoms with Crippen molar-refractivity contribution in [3.8, 4) is 0 Å². The number of rotatable bonds is 13. The molecule has 2 fully saturated rings. The van der Waals surface area contributed by atoms with Crippen LogP contribution < -0.4 is 26.6 Å². The molecule has 0 bridgehead atoms. The van der Waals surface area contributed by atoms with Crippen LogP contribution in [-0.4, -0.2) is 98.2 Å². The fourth-order valence-electron chi connectivity index (χ4n) is 5.54. The van der Waals surface area contributed by atoms with Crippen LogP contribution in [0.1, 0.15) is 45.7 Å². The molecule has 4 rings (SSSR count). The van der Waals surface area contributed by atoms with Crippen LogP contribution in [0, 0.1) is 0 Å². The summed E-state index contributed by atoms with van der Waals surface area (Å²) in [5, 5.41) is 25.3. The molecule has 2 saturated heterocycles. The Morgan fingerprint density at radius 2 is 1.62 bits per heavy atom. The zero-order valence-electron chi connectivity index (χ0n) is 27.7. The highest BCUT2D eigenvalue weighted by molar-refractivity contribution is 8.01. The van der Waals surface area contributed by atoms with E-state index in [4.69, 9.17) is 0 Å². The Morgan fingerprint density at radius 3 is 2.26 bits per heavy atom. The first-order chi connectivity index (χ1) is 22.2. The molecule has 0 spiro atoms. The Hall–Kier alpha value is -3.10. The highest BCUT2D eigenvalue weighted by Gasteiger charge is 2.49. The van der Waals surface area contributed by atoms with Gasteiger partial charge < -0.3 is 26.4 Å². The minimum Gasteiger partial charge on any atom is -0.390 e. The molecule has 6 N–H and O–H groups in total. The van der Waals surface area contributed by atoms with Crippen LogP contribution in [0.5, 0.6) is 0 Å². The van der Waals surface area contributed by atoms with E-state index in [2.05, 4.69) is 26.6 Å². The molecule has 0 aromatic heterocycles. The number of amides is 4. The second-order valence-electron chi connectivity index (χ2n) is 13.6. The van der Waals surface area contributed by atoms with Gasteiger partial charge in [0.05, 0.1) is 23.9 Å². The van der Waals surface area contributed by atoms with Crippen molar-refractivity contribution in [2.24, 2.45) is 0 Å². The molecule has 2 aromatic carbocycles. The van der Waals surface area contributed by atoms with Crippen molar-refractivity contribution < 1.29 is 24.3 Å². The van der Waals surface area contributed by atoms with Gasteiger partial charge in [0, 0.05) is 41.5 Å². The number of benzene rings is 2. The first kappa shape index (κ1) is 36.7. The maximum atomic E-state index is 13.6. The Kier molecular flexibility index (Phi) is 12.8. The van der Waals surface area contributed by atoms with Crippen LogP contribution in [-0.2, 0) is 32.1 Å². The van der Waals surface area contributed by atoms with E-state index in [1.165, 1.54) is 11.8 Å². The lowest BCUT2D eigenvalue weighted by Gasteiger charge is -2.29. The van der Waals surface area contributed by atoms with Crippen LogP contribution in [0.4, 0.5) is 0 Å². The Labute approximate surface area is 286 Å². The zero-order chi connectivity index (χ0) is 34.2. The zero-order valence-corrected chi connectivity index (χ0v) is 29.4. The summed E-state index contributed by atoms with van der Waals surface area (Å²) >= 11 is 3.05. The van der Waals surface area contributed by atoms with Crippen LogP contribution in [0.2, 0.25) is 0 Å². The van der Waals surface area contributed by atoms with Gasteiger partial charge in [0.25, 0.3) is 0 Å². The average Bonchev–Trinajstić information content (AvgIpc) is 3.60. The van der Waals surface area contributed by atoms with Gasteiger partial charge in [-0.05, 0) is 45.7 Å². The van der Waals surface area contributed by atoms with Crippen molar-refractivity contribution in [3.05, 3.63) is 71.8 Å². The summed E-state index contributed by atoms with van der Waals surface area (Å²) in [5.74, 6) is 0.203. The maximum absolute atomic E-state index is 13.6.